The van der Waals surface area contributed by atoms with E-state index in [1.165, 1.54) is 7.05 Å². The minimum absolute atomic E-state index is 0.0699. The number of anilines is 3. The fraction of sp³-hybridized carbons (Fsp3) is 0.429. The van der Waals surface area contributed by atoms with Crippen LogP contribution in [0.15, 0.2) is 24.4 Å². The van der Waals surface area contributed by atoms with Gasteiger partial charge in [-0.05, 0) is 42.9 Å². The number of carbonyl (C=O) groups excluding carboxylic acids is 2. The summed E-state index contributed by atoms with van der Waals surface area (Å²) >= 11 is 0. The first-order valence-corrected chi connectivity index (χ1v) is 10.8. The van der Waals surface area contributed by atoms with Crippen LogP contribution in [0.2, 0.25) is 0 Å². The lowest BCUT2D eigenvalue weighted by molar-refractivity contribution is -0.121. The summed E-state index contributed by atoms with van der Waals surface area (Å²) in [6, 6.07) is 5.41. The van der Waals surface area contributed by atoms with Crippen molar-refractivity contribution < 1.29 is 14.7 Å². The second kappa shape index (κ2) is 6.61. The number of carbonyl (C=O) groups is 2. The molecule has 3 aliphatic rings. The van der Waals surface area contributed by atoms with E-state index in [2.05, 4.69) is 30.9 Å². The van der Waals surface area contributed by atoms with Gasteiger partial charge in [0.1, 0.15) is 0 Å². The maximum Gasteiger partial charge on any atom is 0.273 e. The molecule has 1 saturated heterocycles. The fourth-order valence-electron chi connectivity index (χ4n) is 4.94. The molecule has 5 N–H and O–H groups in total. The van der Waals surface area contributed by atoms with E-state index in [4.69, 9.17) is 5.73 Å². The number of nitrogens with zero attached hydrogens (tertiary/aromatic N) is 6. The lowest BCUT2D eigenvalue weighted by Crippen LogP contribution is -2.50. The van der Waals surface area contributed by atoms with Crippen molar-refractivity contribution in [3.8, 4) is 0 Å². The van der Waals surface area contributed by atoms with Gasteiger partial charge in [0.25, 0.3) is 5.91 Å². The quantitative estimate of drug-likeness (QED) is 0.396. The molecule has 4 heterocycles. The standard InChI is InChI=1S/C21H23N9O3/c1-23-17(32)16-13(6-14(26-27-16)21(18(22)33)10-20(21)4-5-20)24-19-25-15-3-2-11(7-30(15)28-19)29-8-12(31)9-29/h2-3,6-7,12,31H,4-5,8-10H2,1H3,(H2,22,33)(H,23,32)(H,24,26,28)/t21-/m0/s1. The van der Waals surface area contributed by atoms with Gasteiger partial charge in [-0.1, -0.05) is 0 Å². The van der Waals surface area contributed by atoms with Gasteiger partial charge in [-0.2, -0.15) is 10.1 Å². The summed E-state index contributed by atoms with van der Waals surface area (Å²) in [4.78, 5) is 31.3. The lowest BCUT2D eigenvalue weighted by atomic mass is 9.96. The summed E-state index contributed by atoms with van der Waals surface area (Å²) in [7, 11) is 1.50. The van der Waals surface area contributed by atoms with E-state index >= 15 is 0 Å². The monoisotopic (exact) mass is 449 g/mol. The van der Waals surface area contributed by atoms with Crippen molar-refractivity contribution in [1.29, 1.82) is 0 Å². The average molecular weight is 449 g/mol. The second-order valence-corrected chi connectivity index (χ2v) is 9.11. The van der Waals surface area contributed by atoms with Crippen LogP contribution >= 0.6 is 0 Å². The average Bonchev–Trinajstić information content (AvgIpc) is 3.66. The van der Waals surface area contributed by atoms with Gasteiger partial charge in [-0.25, -0.2) is 4.52 Å². The third-order valence-electron chi connectivity index (χ3n) is 7.12. The predicted octanol–water partition coefficient (Wildman–Crippen LogP) is -0.290. The number of aromatic nitrogens is 5. The van der Waals surface area contributed by atoms with E-state index < -0.39 is 17.2 Å². The Morgan fingerprint density at radius 2 is 2.03 bits per heavy atom. The molecule has 6 rings (SSSR count). The first-order chi connectivity index (χ1) is 15.8. The van der Waals surface area contributed by atoms with Crippen LogP contribution in [0.25, 0.3) is 5.65 Å². The van der Waals surface area contributed by atoms with Crippen LogP contribution in [0, 0.1) is 5.41 Å². The van der Waals surface area contributed by atoms with Crippen molar-refractivity contribution in [3.63, 3.8) is 0 Å². The minimum atomic E-state index is -0.833. The Bertz CT molecular complexity index is 1310. The first kappa shape index (κ1) is 19.9. The van der Waals surface area contributed by atoms with E-state index in [-0.39, 0.29) is 23.2 Å². The highest BCUT2D eigenvalue weighted by atomic mass is 16.3. The number of amides is 2. The molecule has 12 heteroatoms. The van der Waals surface area contributed by atoms with Gasteiger partial charge in [0.2, 0.25) is 11.9 Å². The molecule has 12 nitrogen and oxygen atoms in total. The number of fused-ring (bicyclic) bond motifs is 1. The molecule has 0 aromatic carbocycles. The largest absolute Gasteiger partial charge is 0.389 e. The molecule has 0 radical (unpaired) electrons. The van der Waals surface area contributed by atoms with Crippen molar-refractivity contribution in [1.82, 2.24) is 30.1 Å². The SMILES string of the molecule is CNC(=O)c1nnc([C@]2(C(N)=O)CC23CC3)cc1Nc1nc2ccc(N3CC(O)C3)cn2n1. The molecule has 1 spiro atoms. The number of hydrogen-bond acceptors (Lipinski definition) is 9. The number of pyridine rings is 1. The van der Waals surface area contributed by atoms with Gasteiger partial charge < -0.3 is 26.4 Å². The molecular formula is C21H23N9O3. The summed E-state index contributed by atoms with van der Waals surface area (Å²) in [5.74, 6) is -0.573. The van der Waals surface area contributed by atoms with E-state index in [1.54, 1.807) is 10.6 Å². The van der Waals surface area contributed by atoms with Crippen molar-refractivity contribution in [3.05, 3.63) is 35.8 Å². The van der Waals surface area contributed by atoms with Gasteiger partial charge in [0, 0.05) is 20.1 Å². The van der Waals surface area contributed by atoms with Crippen LogP contribution in [0.4, 0.5) is 17.3 Å². The van der Waals surface area contributed by atoms with Gasteiger partial charge in [-0.15, -0.1) is 10.2 Å². The topological polar surface area (TPSA) is 164 Å². The van der Waals surface area contributed by atoms with E-state index in [0.717, 1.165) is 18.5 Å². The van der Waals surface area contributed by atoms with Crippen LogP contribution in [-0.2, 0) is 10.2 Å². The zero-order valence-electron chi connectivity index (χ0n) is 17.9. The van der Waals surface area contributed by atoms with Crippen LogP contribution in [-0.4, -0.2) is 68.0 Å². The van der Waals surface area contributed by atoms with Crippen molar-refractivity contribution in [2.45, 2.75) is 30.8 Å². The number of β-amino-alcohol motifs (C(OH)–C–C–N with tert-alkyl or cyclic N) is 1. The number of aliphatic hydroxyl groups is 1. The molecule has 2 amide bonds. The smallest absolute Gasteiger partial charge is 0.273 e. The maximum absolute atomic E-state index is 12.4. The van der Waals surface area contributed by atoms with Crippen LogP contribution in [0.3, 0.4) is 0 Å². The van der Waals surface area contributed by atoms with Gasteiger partial charge in [0.15, 0.2) is 11.3 Å². The van der Waals surface area contributed by atoms with E-state index in [1.807, 2.05) is 23.2 Å². The Hall–Kier alpha value is -3.80. The van der Waals surface area contributed by atoms with Crippen LogP contribution in [0.5, 0.6) is 0 Å². The Morgan fingerprint density at radius 3 is 2.67 bits per heavy atom. The number of aliphatic hydroxyl groups excluding tert-OH is 1. The molecule has 2 saturated carbocycles. The molecule has 1 atom stereocenters. The highest BCUT2D eigenvalue weighted by Crippen LogP contribution is 2.78. The van der Waals surface area contributed by atoms with Gasteiger partial charge >= 0.3 is 0 Å². The fourth-order valence-corrected chi connectivity index (χ4v) is 4.94. The second-order valence-electron chi connectivity index (χ2n) is 9.11. The molecule has 33 heavy (non-hydrogen) atoms. The van der Waals surface area contributed by atoms with Crippen molar-refractivity contribution in [2.24, 2.45) is 11.1 Å². The number of primary amides is 1. The third-order valence-corrected chi connectivity index (χ3v) is 7.12. The Balaban J connectivity index is 1.35. The molecule has 2 aliphatic carbocycles. The lowest BCUT2D eigenvalue weighted by Gasteiger charge is -2.37. The molecule has 3 fully saturated rings. The predicted molar refractivity (Wildman–Crippen MR) is 117 cm³/mol. The Kier molecular flexibility index (Phi) is 3.97. The number of hydrogen-bond donors (Lipinski definition) is 4. The molecule has 0 bridgehead atoms. The molecular weight excluding hydrogens is 426 g/mol. The number of rotatable bonds is 6. The molecule has 3 aromatic rings. The highest BCUT2D eigenvalue weighted by Gasteiger charge is 2.78. The first-order valence-electron chi connectivity index (χ1n) is 10.8. The normalized spacial score (nSPS) is 22.8. The third kappa shape index (κ3) is 2.86. The zero-order chi connectivity index (χ0) is 23.0. The molecule has 3 aromatic heterocycles. The highest BCUT2D eigenvalue weighted by molar-refractivity contribution is 5.98. The van der Waals surface area contributed by atoms with Crippen LogP contribution in [0.1, 0.15) is 35.4 Å². The summed E-state index contributed by atoms with van der Waals surface area (Å²) in [5, 5.41) is 28.0. The molecule has 1 aliphatic heterocycles. The summed E-state index contributed by atoms with van der Waals surface area (Å²) in [5.41, 5.74) is 7.25. The van der Waals surface area contributed by atoms with Crippen molar-refractivity contribution >= 4 is 34.8 Å². The van der Waals surface area contributed by atoms with Gasteiger partial charge in [0.05, 0.1) is 34.8 Å². The number of nitrogens with one attached hydrogen (secondary N) is 2. The Labute approximate surface area is 188 Å². The summed E-state index contributed by atoms with van der Waals surface area (Å²) in [6.45, 7) is 1.16. The van der Waals surface area contributed by atoms with Crippen LogP contribution < -0.4 is 21.3 Å². The van der Waals surface area contributed by atoms with Crippen molar-refractivity contribution in [2.75, 3.05) is 30.4 Å². The van der Waals surface area contributed by atoms with E-state index in [0.29, 0.717) is 36.5 Å². The maximum atomic E-state index is 12.4. The Morgan fingerprint density at radius 1 is 1.24 bits per heavy atom. The van der Waals surface area contributed by atoms with E-state index in [9.17, 15) is 14.7 Å². The zero-order valence-corrected chi connectivity index (χ0v) is 17.9. The molecule has 0 unspecified atom stereocenters. The number of nitrogens with two attached hydrogens (primary N) is 1. The minimum Gasteiger partial charge on any atom is -0.389 e. The molecule has 170 valence electrons. The summed E-state index contributed by atoms with van der Waals surface area (Å²) in [6.07, 6.45) is 4.04. The van der Waals surface area contributed by atoms with Gasteiger partial charge in [-0.3, -0.25) is 9.59 Å². The summed E-state index contributed by atoms with van der Waals surface area (Å²) < 4.78 is 1.63.